The van der Waals surface area contributed by atoms with Gasteiger partial charge in [-0.15, -0.1) is 5.10 Å². The minimum Gasteiger partial charge on any atom is -0.365 e. The van der Waals surface area contributed by atoms with Gasteiger partial charge in [0.05, 0.1) is 18.8 Å². The highest BCUT2D eigenvalue weighted by Crippen LogP contribution is 2.29. The van der Waals surface area contributed by atoms with Crippen LogP contribution in [-0.4, -0.2) is 51.3 Å². The molecule has 2 aromatic rings. The Morgan fingerprint density at radius 2 is 1.87 bits per heavy atom. The average molecular weight is 424 g/mol. The normalized spacial score (nSPS) is 21.6. The largest absolute Gasteiger partial charge is 0.365 e. The molecule has 2 amide bonds. The quantitative estimate of drug-likeness (QED) is 0.797. The lowest BCUT2D eigenvalue weighted by atomic mass is 9.95. The van der Waals surface area contributed by atoms with E-state index in [2.05, 4.69) is 46.8 Å². The van der Waals surface area contributed by atoms with E-state index in [0.717, 1.165) is 17.8 Å². The third kappa shape index (κ3) is 4.35. The van der Waals surface area contributed by atoms with E-state index in [1.54, 1.807) is 9.58 Å². The third-order valence-corrected chi connectivity index (χ3v) is 6.66. The van der Waals surface area contributed by atoms with Crippen LogP contribution in [-0.2, 0) is 22.7 Å². The van der Waals surface area contributed by atoms with Gasteiger partial charge >= 0.3 is 0 Å². The van der Waals surface area contributed by atoms with Crippen LogP contribution in [0.2, 0.25) is 0 Å². The summed E-state index contributed by atoms with van der Waals surface area (Å²) in [5, 5.41) is 11.5. The maximum Gasteiger partial charge on any atom is 0.276 e. The molecule has 8 nitrogen and oxygen atoms in total. The second kappa shape index (κ2) is 8.42. The monoisotopic (exact) mass is 423 g/mol. The predicted octanol–water partition coefficient (Wildman–Crippen LogP) is 2.24. The van der Waals surface area contributed by atoms with Gasteiger partial charge in [-0.3, -0.25) is 9.59 Å². The van der Waals surface area contributed by atoms with Gasteiger partial charge in [0.25, 0.3) is 5.91 Å². The Bertz CT molecular complexity index is 958. The highest BCUT2D eigenvalue weighted by molar-refractivity contribution is 5.93. The molecule has 0 radical (unpaired) electrons. The van der Waals surface area contributed by atoms with Gasteiger partial charge in [-0.25, -0.2) is 4.68 Å². The molecule has 8 heteroatoms. The van der Waals surface area contributed by atoms with Gasteiger partial charge in [0, 0.05) is 25.6 Å². The molecule has 0 unspecified atom stereocenters. The summed E-state index contributed by atoms with van der Waals surface area (Å²) < 4.78 is 7.83. The van der Waals surface area contributed by atoms with E-state index < -0.39 is 0 Å². The number of aromatic nitrogens is 3. The van der Waals surface area contributed by atoms with Crippen molar-refractivity contribution in [1.82, 2.24) is 25.2 Å². The van der Waals surface area contributed by atoms with Crippen LogP contribution in [0, 0.1) is 18.8 Å². The maximum atomic E-state index is 13.1. The fraction of sp³-hybridized carbons (Fsp3) is 0.565. The Balaban J connectivity index is 1.19. The predicted molar refractivity (Wildman–Crippen MR) is 113 cm³/mol. The van der Waals surface area contributed by atoms with Crippen LogP contribution in [0.25, 0.3) is 0 Å². The highest BCUT2D eigenvalue weighted by Gasteiger charge is 2.33. The van der Waals surface area contributed by atoms with Crippen LogP contribution in [0.3, 0.4) is 0 Å². The van der Waals surface area contributed by atoms with E-state index in [1.165, 1.54) is 18.4 Å². The Labute approximate surface area is 181 Å². The number of amides is 2. The number of piperidine rings is 1. The third-order valence-electron chi connectivity index (χ3n) is 6.66. The van der Waals surface area contributed by atoms with Gasteiger partial charge in [0.15, 0.2) is 5.69 Å². The standard InChI is InChI=1S/C23H29N5O3/c1-15-2-6-17(7-3-15)20-13-28-19(14-31-20)21(25-26-28)23(30)27-10-8-18(9-11-27)22(29)24-12-16-4-5-16/h2-3,6-7,16,18,20H,4-5,8-14H2,1H3,(H,24,29)/t20-/m0/s1. The molecule has 1 saturated carbocycles. The zero-order valence-electron chi connectivity index (χ0n) is 17.9. The first kappa shape index (κ1) is 20.2. The van der Waals surface area contributed by atoms with Crippen LogP contribution < -0.4 is 5.32 Å². The van der Waals surface area contributed by atoms with Crippen molar-refractivity contribution in [2.45, 2.75) is 51.9 Å². The van der Waals surface area contributed by atoms with Crippen LogP contribution in [0.15, 0.2) is 24.3 Å². The van der Waals surface area contributed by atoms with E-state index in [-0.39, 0.29) is 23.8 Å². The molecule has 0 bridgehead atoms. The average Bonchev–Trinajstić information content (AvgIpc) is 3.54. The van der Waals surface area contributed by atoms with E-state index >= 15 is 0 Å². The zero-order chi connectivity index (χ0) is 21.4. The molecule has 1 aliphatic carbocycles. The molecule has 0 spiro atoms. The molecule has 1 atom stereocenters. The number of fused-ring (bicyclic) bond motifs is 1. The Morgan fingerprint density at radius 1 is 1.13 bits per heavy atom. The Kier molecular flexibility index (Phi) is 5.48. The lowest BCUT2D eigenvalue weighted by Crippen LogP contribution is -2.43. The van der Waals surface area contributed by atoms with Gasteiger partial charge in [-0.05, 0) is 44.1 Å². The van der Waals surface area contributed by atoms with Gasteiger partial charge in [-0.2, -0.15) is 0 Å². The molecule has 2 fully saturated rings. The number of nitrogens with zero attached hydrogens (tertiary/aromatic N) is 4. The molecule has 5 rings (SSSR count). The number of likely N-dealkylation sites (tertiary alicyclic amines) is 1. The van der Waals surface area contributed by atoms with Crippen LogP contribution in [0.4, 0.5) is 0 Å². The summed E-state index contributed by atoms with van der Waals surface area (Å²) in [6.07, 6.45) is 3.75. The molecule has 3 aliphatic rings. The van der Waals surface area contributed by atoms with Crippen molar-refractivity contribution < 1.29 is 14.3 Å². The van der Waals surface area contributed by atoms with E-state index in [4.69, 9.17) is 4.74 Å². The topological polar surface area (TPSA) is 89.4 Å². The number of hydrogen-bond acceptors (Lipinski definition) is 5. The molecule has 1 saturated heterocycles. The van der Waals surface area contributed by atoms with Crippen LogP contribution in [0.1, 0.15) is 59.1 Å². The van der Waals surface area contributed by atoms with E-state index in [0.29, 0.717) is 50.7 Å². The number of nitrogens with one attached hydrogen (secondary N) is 1. The van der Waals surface area contributed by atoms with E-state index in [1.807, 2.05) is 0 Å². The van der Waals surface area contributed by atoms with Gasteiger partial charge < -0.3 is 15.0 Å². The van der Waals surface area contributed by atoms with Crippen LogP contribution in [0.5, 0.6) is 0 Å². The van der Waals surface area contributed by atoms with Crippen molar-refractivity contribution in [2.75, 3.05) is 19.6 Å². The van der Waals surface area contributed by atoms with Crippen molar-refractivity contribution in [1.29, 1.82) is 0 Å². The van der Waals surface area contributed by atoms with Crippen molar-refractivity contribution in [3.05, 3.63) is 46.8 Å². The number of aryl methyl sites for hydroxylation is 1. The van der Waals surface area contributed by atoms with Crippen LogP contribution >= 0.6 is 0 Å². The Morgan fingerprint density at radius 3 is 2.58 bits per heavy atom. The second-order valence-electron chi connectivity index (χ2n) is 9.03. The summed E-state index contributed by atoms with van der Waals surface area (Å²) in [5.74, 6) is 0.694. The number of carbonyl (C=O) groups is 2. The number of rotatable bonds is 5. The number of ether oxygens (including phenoxy) is 1. The molecule has 3 heterocycles. The molecular weight excluding hydrogens is 394 g/mol. The second-order valence-corrected chi connectivity index (χ2v) is 9.03. The van der Waals surface area contributed by atoms with Crippen molar-refractivity contribution in [2.24, 2.45) is 11.8 Å². The maximum absolute atomic E-state index is 13.1. The van der Waals surface area contributed by atoms with Gasteiger partial charge in [0.1, 0.15) is 6.10 Å². The summed E-state index contributed by atoms with van der Waals surface area (Å²) in [6, 6.07) is 8.28. The summed E-state index contributed by atoms with van der Waals surface area (Å²) in [7, 11) is 0. The van der Waals surface area contributed by atoms with Crippen molar-refractivity contribution in [3.8, 4) is 0 Å². The van der Waals surface area contributed by atoms with Gasteiger partial charge in [-0.1, -0.05) is 35.0 Å². The van der Waals surface area contributed by atoms with Gasteiger partial charge in [0.2, 0.25) is 5.91 Å². The summed E-state index contributed by atoms with van der Waals surface area (Å²) in [5.41, 5.74) is 3.41. The molecule has 2 aliphatic heterocycles. The zero-order valence-corrected chi connectivity index (χ0v) is 17.9. The number of carbonyl (C=O) groups excluding carboxylic acids is 2. The fourth-order valence-electron chi connectivity index (χ4n) is 4.37. The van der Waals surface area contributed by atoms with E-state index in [9.17, 15) is 9.59 Å². The molecule has 1 N–H and O–H groups in total. The highest BCUT2D eigenvalue weighted by atomic mass is 16.5. The first-order valence-corrected chi connectivity index (χ1v) is 11.3. The molecule has 164 valence electrons. The summed E-state index contributed by atoms with van der Waals surface area (Å²) >= 11 is 0. The minimum absolute atomic E-state index is 0.00422. The number of hydrogen-bond donors (Lipinski definition) is 1. The number of benzene rings is 1. The fourth-order valence-corrected chi connectivity index (χ4v) is 4.37. The molecule has 31 heavy (non-hydrogen) atoms. The summed E-state index contributed by atoms with van der Waals surface area (Å²) in [4.78, 5) is 27.2. The smallest absolute Gasteiger partial charge is 0.276 e. The first-order valence-electron chi connectivity index (χ1n) is 11.3. The SMILES string of the molecule is Cc1ccc([C@@H]2Cn3nnc(C(=O)N4CCC(C(=O)NCC5CC5)CC4)c3CO2)cc1. The molecule has 1 aromatic heterocycles. The Hall–Kier alpha value is -2.74. The summed E-state index contributed by atoms with van der Waals surface area (Å²) in [6.45, 7) is 4.85. The minimum atomic E-state index is -0.115. The van der Waals surface area contributed by atoms with Crippen molar-refractivity contribution >= 4 is 11.8 Å². The lowest BCUT2D eigenvalue weighted by molar-refractivity contribution is -0.126. The molecular formula is C23H29N5O3. The van der Waals surface area contributed by atoms with Crippen molar-refractivity contribution in [3.63, 3.8) is 0 Å². The molecule has 1 aromatic carbocycles. The first-order chi connectivity index (χ1) is 15.1. The lowest BCUT2D eigenvalue weighted by Gasteiger charge is -2.31.